The molecule has 0 saturated carbocycles. The average molecular weight is 424 g/mol. The molecule has 2 aromatic carbocycles. The number of morpholine rings is 1. The van der Waals surface area contributed by atoms with Crippen LogP contribution in [-0.4, -0.2) is 45.9 Å². The minimum absolute atomic E-state index is 0.00592. The van der Waals surface area contributed by atoms with Crippen LogP contribution in [0.4, 0.5) is 0 Å². The third-order valence-electron chi connectivity index (χ3n) is 5.52. The Hall–Kier alpha value is -2.63. The molecule has 0 N–H and O–H groups in total. The molecule has 1 saturated heterocycles. The molecule has 3 aromatic rings. The number of nitrogens with zero attached hydrogens (tertiary/aromatic N) is 3. The highest BCUT2D eigenvalue weighted by Gasteiger charge is 2.29. The van der Waals surface area contributed by atoms with Gasteiger partial charge in [-0.15, -0.1) is 0 Å². The summed E-state index contributed by atoms with van der Waals surface area (Å²) in [7, 11) is 0. The van der Waals surface area contributed by atoms with Crippen LogP contribution in [0.1, 0.15) is 35.5 Å². The van der Waals surface area contributed by atoms with Crippen LogP contribution >= 0.6 is 11.6 Å². The Balaban J connectivity index is 1.81. The van der Waals surface area contributed by atoms with E-state index in [0.29, 0.717) is 29.5 Å². The molecule has 2 heterocycles. The van der Waals surface area contributed by atoms with E-state index in [4.69, 9.17) is 21.4 Å². The molecular weight excluding hydrogens is 398 g/mol. The number of benzene rings is 2. The van der Waals surface area contributed by atoms with Crippen LogP contribution < -0.4 is 0 Å². The molecule has 0 unspecified atom stereocenters. The van der Waals surface area contributed by atoms with Gasteiger partial charge < -0.3 is 9.64 Å². The molecule has 1 amide bonds. The van der Waals surface area contributed by atoms with E-state index in [1.165, 1.54) is 11.1 Å². The molecular formula is C24H26ClN3O2. The van der Waals surface area contributed by atoms with Crippen molar-refractivity contribution in [1.82, 2.24) is 14.7 Å². The third-order valence-corrected chi connectivity index (χ3v) is 5.84. The topological polar surface area (TPSA) is 47.4 Å². The summed E-state index contributed by atoms with van der Waals surface area (Å²) in [5.74, 6) is -0.0699. The molecule has 1 aromatic heterocycles. The van der Waals surface area contributed by atoms with Crippen LogP contribution in [0.5, 0.6) is 0 Å². The van der Waals surface area contributed by atoms with Crippen molar-refractivity contribution < 1.29 is 9.53 Å². The fourth-order valence-corrected chi connectivity index (χ4v) is 4.10. The zero-order valence-corrected chi connectivity index (χ0v) is 18.5. The van der Waals surface area contributed by atoms with Gasteiger partial charge in [-0.05, 0) is 63.1 Å². The van der Waals surface area contributed by atoms with Gasteiger partial charge in [-0.1, -0.05) is 35.9 Å². The van der Waals surface area contributed by atoms with Gasteiger partial charge in [0, 0.05) is 18.7 Å². The van der Waals surface area contributed by atoms with E-state index < -0.39 is 0 Å². The Labute approximate surface area is 182 Å². The van der Waals surface area contributed by atoms with Gasteiger partial charge in [0.1, 0.15) is 5.69 Å². The highest BCUT2D eigenvalue weighted by atomic mass is 35.5. The molecule has 1 aliphatic heterocycles. The van der Waals surface area contributed by atoms with Gasteiger partial charge in [-0.2, -0.15) is 5.10 Å². The monoisotopic (exact) mass is 423 g/mol. The zero-order chi connectivity index (χ0) is 21.4. The van der Waals surface area contributed by atoms with E-state index in [1.54, 1.807) is 10.7 Å². The first-order valence-electron chi connectivity index (χ1n) is 10.2. The number of aryl methyl sites for hydroxylation is 2. The molecule has 156 valence electrons. The van der Waals surface area contributed by atoms with Crippen LogP contribution in [0.25, 0.3) is 16.9 Å². The summed E-state index contributed by atoms with van der Waals surface area (Å²) in [6.07, 6.45) is -0.0118. The number of hydrogen-bond donors (Lipinski definition) is 0. The maximum Gasteiger partial charge on any atom is 0.272 e. The number of para-hydroxylation sites is 1. The number of amides is 1. The normalized spacial score (nSPS) is 19.2. The SMILES string of the molecule is Cc1ccc(-c2cc(C(=O)N3C[C@@H](C)O[C@H](C)C3)n(-c3ccccc3Cl)n2)cc1C. The van der Waals surface area contributed by atoms with Crippen molar-refractivity contribution in [3.8, 4) is 16.9 Å². The lowest BCUT2D eigenvalue weighted by molar-refractivity contribution is -0.0588. The second-order valence-electron chi connectivity index (χ2n) is 8.04. The molecule has 1 fully saturated rings. The predicted molar refractivity (Wildman–Crippen MR) is 119 cm³/mol. The van der Waals surface area contributed by atoms with Crippen molar-refractivity contribution in [1.29, 1.82) is 0 Å². The van der Waals surface area contributed by atoms with Crippen molar-refractivity contribution >= 4 is 17.5 Å². The summed E-state index contributed by atoms with van der Waals surface area (Å²) in [4.78, 5) is 15.4. The standard InChI is InChI=1S/C24H26ClN3O2/c1-15-9-10-19(11-16(15)2)21-12-23(24(29)27-13-17(3)30-18(4)14-27)28(26-21)22-8-6-5-7-20(22)25/h5-12,17-18H,13-14H2,1-4H3/t17-,18-/m1/s1. The quantitative estimate of drug-likeness (QED) is 0.591. The highest BCUT2D eigenvalue weighted by Crippen LogP contribution is 2.28. The molecule has 6 heteroatoms. The van der Waals surface area contributed by atoms with E-state index in [9.17, 15) is 4.79 Å². The lowest BCUT2D eigenvalue weighted by atomic mass is 10.0. The maximum absolute atomic E-state index is 13.5. The Morgan fingerprint density at radius 1 is 1.03 bits per heavy atom. The molecule has 30 heavy (non-hydrogen) atoms. The minimum atomic E-state index is -0.0699. The Morgan fingerprint density at radius 2 is 1.73 bits per heavy atom. The minimum Gasteiger partial charge on any atom is -0.372 e. The van der Waals surface area contributed by atoms with Crippen LogP contribution in [-0.2, 0) is 4.74 Å². The molecule has 1 aliphatic rings. The Bertz CT molecular complexity index is 1080. The molecule has 5 nitrogen and oxygen atoms in total. The largest absolute Gasteiger partial charge is 0.372 e. The van der Waals surface area contributed by atoms with Crippen molar-refractivity contribution in [3.63, 3.8) is 0 Å². The van der Waals surface area contributed by atoms with Crippen molar-refractivity contribution in [2.45, 2.75) is 39.9 Å². The van der Waals surface area contributed by atoms with Crippen molar-refractivity contribution in [2.75, 3.05) is 13.1 Å². The molecule has 4 rings (SSSR count). The number of ether oxygens (including phenoxy) is 1. The fraction of sp³-hybridized carbons (Fsp3) is 0.333. The van der Waals surface area contributed by atoms with Crippen molar-refractivity contribution in [3.05, 3.63) is 70.4 Å². The Kier molecular flexibility index (Phi) is 5.67. The van der Waals surface area contributed by atoms with E-state index in [-0.39, 0.29) is 18.1 Å². The van der Waals surface area contributed by atoms with Crippen LogP contribution in [0, 0.1) is 13.8 Å². The molecule has 0 spiro atoms. The van der Waals surface area contributed by atoms with E-state index in [2.05, 4.69) is 26.0 Å². The van der Waals surface area contributed by atoms with Crippen LogP contribution in [0.15, 0.2) is 48.5 Å². The van der Waals surface area contributed by atoms with E-state index >= 15 is 0 Å². The van der Waals surface area contributed by atoms with E-state index in [1.807, 2.05) is 49.1 Å². The van der Waals surface area contributed by atoms with Gasteiger partial charge in [0.15, 0.2) is 0 Å². The molecule has 0 aliphatic carbocycles. The molecule has 0 bridgehead atoms. The fourth-order valence-electron chi connectivity index (χ4n) is 3.89. The average Bonchev–Trinajstić information content (AvgIpc) is 3.14. The number of rotatable bonds is 3. The molecule has 0 radical (unpaired) electrons. The Morgan fingerprint density at radius 3 is 2.40 bits per heavy atom. The van der Waals surface area contributed by atoms with Gasteiger partial charge in [-0.3, -0.25) is 4.79 Å². The summed E-state index contributed by atoms with van der Waals surface area (Å²) < 4.78 is 7.46. The van der Waals surface area contributed by atoms with Crippen LogP contribution in [0.3, 0.4) is 0 Å². The smallest absolute Gasteiger partial charge is 0.272 e. The van der Waals surface area contributed by atoms with Gasteiger partial charge >= 0.3 is 0 Å². The first kappa shape index (κ1) is 20.6. The number of halogens is 1. The number of carbonyl (C=O) groups is 1. The summed E-state index contributed by atoms with van der Waals surface area (Å²) in [6, 6.07) is 15.5. The number of aromatic nitrogens is 2. The van der Waals surface area contributed by atoms with Gasteiger partial charge in [-0.25, -0.2) is 4.68 Å². The first-order valence-corrected chi connectivity index (χ1v) is 10.6. The molecule has 2 atom stereocenters. The van der Waals surface area contributed by atoms with Crippen molar-refractivity contribution in [2.24, 2.45) is 0 Å². The predicted octanol–water partition coefficient (Wildman–Crippen LogP) is 5.06. The zero-order valence-electron chi connectivity index (χ0n) is 17.7. The lowest BCUT2D eigenvalue weighted by Crippen LogP contribution is -2.48. The second-order valence-corrected chi connectivity index (χ2v) is 8.45. The van der Waals surface area contributed by atoms with E-state index in [0.717, 1.165) is 11.3 Å². The van der Waals surface area contributed by atoms with Crippen LogP contribution in [0.2, 0.25) is 5.02 Å². The highest BCUT2D eigenvalue weighted by molar-refractivity contribution is 6.32. The number of carbonyl (C=O) groups excluding carboxylic acids is 1. The maximum atomic E-state index is 13.5. The summed E-state index contributed by atoms with van der Waals surface area (Å²) in [5.41, 5.74) is 5.31. The first-order chi connectivity index (χ1) is 14.3. The van der Waals surface area contributed by atoms with Gasteiger partial charge in [0.05, 0.1) is 28.6 Å². The summed E-state index contributed by atoms with van der Waals surface area (Å²) in [6.45, 7) is 9.24. The van der Waals surface area contributed by atoms with Gasteiger partial charge in [0.25, 0.3) is 5.91 Å². The summed E-state index contributed by atoms with van der Waals surface area (Å²) >= 11 is 6.46. The van der Waals surface area contributed by atoms with Gasteiger partial charge in [0.2, 0.25) is 0 Å². The summed E-state index contributed by atoms with van der Waals surface area (Å²) in [5, 5.41) is 5.34. The lowest BCUT2D eigenvalue weighted by Gasteiger charge is -2.35. The second kappa shape index (κ2) is 8.25. The third kappa shape index (κ3) is 4.00. The number of hydrogen-bond acceptors (Lipinski definition) is 3.